The van der Waals surface area contributed by atoms with Crippen molar-refractivity contribution in [3.05, 3.63) is 22.4 Å². The smallest absolute Gasteiger partial charge is 0.326 e. The summed E-state index contributed by atoms with van der Waals surface area (Å²) in [6.07, 6.45) is 1.92. The van der Waals surface area contributed by atoms with Crippen molar-refractivity contribution in [3.8, 4) is 0 Å². The molecule has 0 radical (unpaired) electrons. The summed E-state index contributed by atoms with van der Waals surface area (Å²) in [5, 5.41) is 13.6. The van der Waals surface area contributed by atoms with Crippen molar-refractivity contribution in [2.24, 2.45) is 0 Å². The zero-order chi connectivity index (χ0) is 15.1. The van der Waals surface area contributed by atoms with Gasteiger partial charge in [0.25, 0.3) is 0 Å². The fraction of sp³-hybridized carbons (Fsp3) is 0.571. The number of carbonyl (C=O) groups is 2. The molecular weight excluding hydrogens is 276 g/mol. The largest absolute Gasteiger partial charge is 0.480 e. The normalized spacial score (nSPS) is 13.6. The molecular formula is C14H22N2O3S. The van der Waals surface area contributed by atoms with Crippen molar-refractivity contribution >= 4 is 23.3 Å². The second-order valence-corrected chi connectivity index (χ2v) is 5.90. The van der Waals surface area contributed by atoms with Gasteiger partial charge in [0.15, 0.2) is 0 Å². The molecule has 2 atom stereocenters. The Kier molecular flexibility index (Phi) is 6.51. The summed E-state index contributed by atoms with van der Waals surface area (Å²) in [4.78, 5) is 25.9. The van der Waals surface area contributed by atoms with Crippen molar-refractivity contribution in [1.29, 1.82) is 0 Å². The first kappa shape index (κ1) is 16.5. The van der Waals surface area contributed by atoms with Crippen LogP contribution in [0.15, 0.2) is 17.5 Å². The van der Waals surface area contributed by atoms with Gasteiger partial charge < -0.3 is 15.3 Å². The van der Waals surface area contributed by atoms with Crippen LogP contribution in [0.2, 0.25) is 0 Å². The van der Waals surface area contributed by atoms with Crippen LogP contribution in [0.3, 0.4) is 0 Å². The lowest BCUT2D eigenvalue weighted by molar-refractivity contribution is -0.139. The monoisotopic (exact) mass is 298 g/mol. The van der Waals surface area contributed by atoms with Crippen molar-refractivity contribution < 1.29 is 14.7 Å². The Balaban J connectivity index is 2.54. The third kappa shape index (κ3) is 4.85. The van der Waals surface area contributed by atoms with E-state index in [1.54, 1.807) is 23.3 Å². The van der Waals surface area contributed by atoms with Crippen LogP contribution in [-0.2, 0) is 11.2 Å². The zero-order valence-electron chi connectivity index (χ0n) is 12.1. The van der Waals surface area contributed by atoms with Crippen LogP contribution < -0.4 is 5.32 Å². The number of carboxylic acid groups (broad SMARTS) is 1. The molecule has 0 saturated carbocycles. The van der Waals surface area contributed by atoms with E-state index in [4.69, 9.17) is 5.11 Å². The van der Waals surface area contributed by atoms with Gasteiger partial charge in [0.2, 0.25) is 0 Å². The number of amides is 2. The molecule has 2 N–H and O–H groups in total. The van der Waals surface area contributed by atoms with E-state index in [2.05, 4.69) is 5.32 Å². The van der Waals surface area contributed by atoms with Gasteiger partial charge in [-0.2, -0.15) is 0 Å². The SMILES string of the molecule is CCCC(NC(=O)N(C)C(C)Cc1cccs1)C(=O)O. The van der Waals surface area contributed by atoms with Crippen LogP contribution in [0.1, 0.15) is 31.6 Å². The van der Waals surface area contributed by atoms with Gasteiger partial charge in [0.05, 0.1) is 0 Å². The maximum Gasteiger partial charge on any atom is 0.326 e. The maximum atomic E-state index is 12.1. The van der Waals surface area contributed by atoms with E-state index in [0.717, 1.165) is 6.42 Å². The molecule has 1 heterocycles. The third-order valence-electron chi connectivity index (χ3n) is 3.23. The average Bonchev–Trinajstić information content (AvgIpc) is 2.89. The summed E-state index contributed by atoms with van der Waals surface area (Å²) < 4.78 is 0. The van der Waals surface area contributed by atoms with E-state index in [1.807, 2.05) is 31.4 Å². The number of nitrogens with zero attached hydrogens (tertiary/aromatic N) is 1. The van der Waals surface area contributed by atoms with Crippen molar-refractivity contribution in [2.45, 2.75) is 45.2 Å². The summed E-state index contributed by atoms with van der Waals surface area (Å²) in [7, 11) is 1.69. The van der Waals surface area contributed by atoms with Gasteiger partial charge in [-0.05, 0) is 24.8 Å². The lowest BCUT2D eigenvalue weighted by Gasteiger charge is -2.26. The maximum absolute atomic E-state index is 12.1. The number of rotatable bonds is 7. The van der Waals surface area contributed by atoms with Crippen molar-refractivity contribution in [2.75, 3.05) is 7.05 Å². The Morgan fingerprint density at radius 1 is 1.50 bits per heavy atom. The van der Waals surface area contributed by atoms with Crippen LogP contribution in [-0.4, -0.2) is 41.1 Å². The Morgan fingerprint density at radius 3 is 2.70 bits per heavy atom. The predicted octanol–water partition coefficient (Wildman–Crippen LogP) is 2.57. The van der Waals surface area contributed by atoms with E-state index in [-0.39, 0.29) is 12.1 Å². The fourth-order valence-corrected chi connectivity index (χ4v) is 2.68. The zero-order valence-corrected chi connectivity index (χ0v) is 12.9. The van der Waals surface area contributed by atoms with Gasteiger partial charge in [0, 0.05) is 24.4 Å². The van der Waals surface area contributed by atoms with Gasteiger partial charge in [-0.25, -0.2) is 9.59 Å². The Morgan fingerprint density at radius 2 is 2.20 bits per heavy atom. The van der Waals surface area contributed by atoms with Gasteiger partial charge in [-0.15, -0.1) is 11.3 Å². The number of nitrogens with one attached hydrogen (secondary N) is 1. The molecule has 5 nitrogen and oxygen atoms in total. The van der Waals surface area contributed by atoms with Crippen LogP contribution in [0.5, 0.6) is 0 Å². The molecule has 6 heteroatoms. The minimum atomic E-state index is -0.987. The lowest BCUT2D eigenvalue weighted by atomic mass is 10.1. The number of aliphatic carboxylic acids is 1. The molecule has 0 saturated heterocycles. The number of carboxylic acids is 1. The van der Waals surface area contributed by atoms with Crippen molar-refractivity contribution in [1.82, 2.24) is 10.2 Å². The van der Waals surface area contributed by atoms with Crippen LogP contribution >= 0.6 is 11.3 Å². The molecule has 0 fully saturated rings. The highest BCUT2D eigenvalue weighted by atomic mass is 32.1. The first-order chi connectivity index (χ1) is 9.45. The molecule has 0 aliphatic rings. The number of carbonyl (C=O) groups excluding carboxylic acids is 1. The van der Waals surface area contributed by atoms with Crippen LogP contribution in [0.25, 0.3) is 0 Å². The molecule has 0 spiro atoms. The minimum absolute atomic E-state index is 0.0183. The van der Waals surface area contributed by atoms with E-state index in [0.29, 0.717) is 12.8 Å². The Bertz CT molecular complexity index is 434. The van der Waals surface area contributed by atoms with Crippen LogP contribution in [0.4, 0.5) is 4.79 Å². The van der Waals surface area contributed by atoms with E-state index in [9.17, 15) is 9.59 Å². The number of hydrogen-bond acceptors (Lipinski definition) is 3. The summed E-state index contributed by atoms with van der Waals surface area (Å²) >= 11 is 1.65. The molecule has 0 aliphatic heterocycles. The molecule has 1 aromatic heterocycles. The van der Waals surface area contributed by atoms with Crippen LogP contribution in [0, 0.1) is 0 Å². The first-order valence-electron chi connectivity index (χ1n) is 6.74. The summed E-state index contributed by atoms with van der Waals surface area (Å²) in [6.45, 7) is 3.85. The quantitative estimate of drug-likeness (QED) is 0.813. The first-order valence-corrected chi connectivity index (χ1v) is 7.62. The second kappa shape index (κ2) is 7.89. The molecule has 2 unspecified atom stereocenters. The topological polar surface area (TPSA) is 69.6 Å². The molecule has 112 valence electrons. The summed E-state index contributed by atoms with van der Waals surface area (Å²) in [5.74, 6) is -0.987. The molecule has 0 bridgehead atoms. The number of likely N-dealkylation sites (N-methyl/N-ethyl adjacent to an activating group) is 1. The van der Waals surface area contributed by atoms with Gasteiger partial charge in [-0.3, -0.25) is 0 Å². The van der Waals surface area contributed by atoms with Gasteiger partial charge in [0.1, 0.15) is 6.04 Å². The lowest BCUT2D eigenvalue weighted by Crippen LogP contribution is -2.49. The number of hydrogen-bond donors (Lipinski definition) is 2. The molecule has 20 heavy (non-hydrogen) atoms. The Labute approximate surface area is 123 Å². The standard InChI is InChI=1S/C14H22N2O3S/c1-4-6-12(13(17)18)15-14(19)16(3)10(2)9-11-7-5-8-20-11/h5,7-8,10,12H,4,6,9H2,1-3H3,(H,15,19)(H,17,18). The number of urea groups is 1. The third-order valence-corrected chi connectivity index (χ3v) is 4.13. The summed E-state index contributed by atoms with van der Waals surface area (Å²) in [6, 6.07) is 2.88. The second-order valence-electron chi connectivity index (χ2n) is 4.87. The fourth-order valence-electron chi connectivity index (χ4n) is 1.85. The van der Waals surface area contributed by atoms with E-state index >= 15 is 0 Å². The van der Waals surface area contributed by atoms with E-state index in [1.165, 1.54) is 4.88 Å². The predicted molar refractivity (Wildman–Crippen MR) is 80.1 cm³/mol. The average molecular weight is 298 g/mol. The molecule has 0 aliphatic carbocycles. The highest BCUT2D eigenvalue weighted by Crippen LogP contribution is 2.13. The highest BCUT2D eigenvalue weighted by molar-refractivity contribution is 7.09. The minimum Gasteiger partial charge on any atom is -0.480 e. The molecule has 1 rings (SSSR count). The van der Waals surface area contributed by atoms with Crippen molar-refractivity contribution in [3.63, 3.8) is 0 Å². The molecule has 1 aromatic rings. The van der Waals surface area contributed by atoms with Gasteiger partial charge in [-0.1, -0.05) is 19.4 Å². The van der Waals surface area contributed by atoms with E-state index < -0.39 is 12.0 Å². The van der Waals surface area contributed by atoms with Gasteiger partial charge >= 0.3 is 12.0 Å². The molecule has 2 amide bonds. The Hall–Kier alpha value is -1.56. The highest BCUT2D eigenvalue weighted by Gasteiger charge is 2.23. The number of thiophene rings is 1. The summed E-state index contributed by atoms with van der Waals surface area (Å²) in [5.41, 5.74) is 0. The molecule has 0 aromatic carbocycles.